The highest BCUT2D eigenvalue weighted by Crippen LogP contribution is 2.43. The first-order valence-electron chi connectivity index (χ1n) is 9.48. The molecule has 0 saturated heterocycles. The smallest absolute Gasteiger partial charge is 0.324 e. The average molecular weight is 463 g/mol. The third-order valence-corrected chi connectivity index (χ3v) is 7.13. The van der Waals surface area contributed by atoms with Gasteiger partial charge in [0, 0.05) is 20.0 Å². The van der Waals surface area contributed by atoms with E-state index in [4.69, 9.17) is 0 Å². The molecule has 3 aromatic rings. The fourth-order valence-electron chi connectivity index (χ4n) is 3.67. The molecule has 0 fully saturated rings. The summed E-state index contributed by atoms with van der Waals surface area (Å²) in [6.45, 7) is 1.95. The van der Waals surface area contributed by atoms with Crippen molar-refractivity contribution in [2.75, 3.05) is 5.75 Å². The molecule has 0 aromatic carbocycles. The Kier molecular flexibility index (Phi) is 4.87. The highest BCUT2D eigenvalue weighted by molar-refractivity contribution is 7.91. The molecule has 31 heavy (non-hydrogen) atoms. The normalized spacial score (nSPS) is 15.5. The van der Waals surface area contributed by atoms with Crippen LogP contribution in [0.25, 0.3) is 22.6 Å². The number of sulfone groups is 1. The van der Waals surface area contributed by atoms with Crippen molar-refractivity contribution in [2.24, 2.45) is 7.05 Å². The fraction of sp³-hybridized carbons (Fsp3) is 0.500. The van der Waals surface area contributed by atoms with Gasteiger partial charge in [0.05, 0.1) is 23.0 Å². The van der Waals surface area contributed by atoms with Gasteiger partial charge in [0.2, 0.25) is 0 Å². The van der Waals surface area contributed by atoms with Gasteiger partial charge in [-0.15, -0.1) is 0 Å². The highest BCUT2D eigenvalue weighted by atomic mass is 32.2. The molecule has 168 valence electrons. The molecule has 0 spiro atoms. The largest absolute Gasteiger partial charge is 0.459 e. The Labute approximate surface area is 173 Å². The van der Waals surface area contributed by atoms with E-state index in [1.807, 2.05) is 0 Å². The van der Waals surface area contributed by atoms with Crippen molar-refractivity contribution in [3.63, 3.8) is 0 Å². The molecule has 0 bridgehead atoms. The molecule has 7 nitrogen and oxygen atoms in total. The quantitative estimate of drug-likeness (QED) is 0.552. The van der Waals surface area contributed by atoms with Crippen LogP contribution < -0.4 is 0 Å². The van der Waals surface area contributed by atoms with E-state index in [1.54, 1.807) is 4.57 Å². The highest BCUT2D eigenvalue weighted by Gasteiger charge is 2.60. The van der Waals surface area contributed by atoms with Gasteiger partial charge in [-0.3, -0.25) is 4.98 Å². The van der Waals surface area contributed by atoms with Crippen LogP contribution in [-0.2, 0) is 35.8 Å². The number of hydrogen-bond acceptors (Lipinski definition) is 5. The third kappa shape index (κ3) is 3.29. The van der Waals surface area contributed by atoms with Gasteiger partial charge in [0.25, 0.3) is 0 Å². The van der Waals surface area contributed by atoms with Crippen LogP contribution in [0.3, 0.4) is 0 Å². The number of imidazole rings is 2. The first-order chi connectivity index (χ1) is 14.4. The molecular formula is C18H18F5N5O2S. The minimum atomic E-state index is -5.81. The maximum Gasteiger partial charge on any atom is 0.459 e. The standard InChI is InChI=1S/C18H18F5N5O2S/c1-3-31(29,30)16-14(26-13-6-4-5-7-28(13)16)15-25-10-8-12(17(19,20)18(21,22)23)24-9-11(10)27(15)2/h8-9H,3-7H2,1-2H3. The SMILES string of the molecule is CCS(=O)(=O)c1c(-c2nc3cc(C(F)(F)C(F)(F)F)ncc3n2C)nc2n1CCCC2. The van der Waals surface area contributed by atoms with E-state index >= 15 is 0 Å². The van der Waals surface area contributed by atoms with E-state index in [1.165, 1.54) is 18.5 Å². The Balaban J connectivity index is 1.94. The van der Waals surface area contributed by atoms with Crippen LogP contribution >= 0.6 is 0 Å². The lowest BCUT2D eigenvalue weighted by Gasteiger charge is -2.18. The summed E-state index contributed by atoms with van der Waals surface area (Å²) in [6.07, 6.45) is -2.76. The van der Waals surface area contributed by atoms with E-state index in [2.05, 4.69) is 15.0 Å². The molecule has 0 atom stereocenters. The molecule has 0 saturated carbocycles. The molecule has 0 radical (unpaired) electrons. The summed E-state index contributed by atoms with van der Waals surface area (Å²) < 4.78 is 94.3. The molecular weight excluding hydrogens is 445 g/mol. The Bertz CT molecular complexity index is 1280. The number of fused-ring (bicyclic) bond motifs is 2. The first kappa shape index (κ1) is 21.7. The fourth-order valence-corrected chi connectivity index (χ4v) is 4.91. The van der Waals surface area contributed by atoms with Crippen molar-refractivity contribution in [1.29, 1.82) is 0 Å². The maximum atomic E-state index is 13.7. The Morgan fingerprint density at radius 3 is 2.48 bits per heavy atom. The monoisotopic (exact) mass is 463 g/mol. The third-order valence-electron chi connectivity index (χ3n) is 5.36. The lowest BCUT2D eigenvalue weighted by molar-refractivity contribution is -0.290. The topological polar surface area (TPSA) is 82.7 Å². The van der Waals surface area contributed by atoms with E-state index in [9.17, 15) is 30.4 Å². The predicted octanol–water partition coefficient (Wildman–Crippen LogP) is 3.62. The molecule has 13 heteroatoms. The van der Waals surface area contributed by atoms with Gasteiger partial charge < -0.3 is 9.13 Å². The summed E-state index contributed by atoms with van der Waals surface area (Å²) in [5.41, 5.74) is -1.43. The second-order valence-electron chi connectivity index (χ2n) is 7.32. The number of aryl methyl sites for hydroxylation is 2. The van der Waals surface area contributed by atoms with Gasteiger partial charge in [-0.2, -0.15) is 22.0 Å². The van der Waals surface area contributed by atoms with E-state index < -0.39 is 27.6 Å². The molecule has 4 rings (SSSR count). The number of hydrogen-bond donors (Lipinski definition) is 0. The summed E-state index contributed by atoms with van der Waals surface area (Å²) in [5.74, 6) is -4.71. The second kappa shape index (κ2) is 6.97. The van der Waals surface area contributed by atoms with Gasteiger partial charge in [-0.1, -0.05) is 6.92 Å². The molecule has 0 amide bonds. The van der Waals surface area contributed by atoms with Crippen LogP contribution in [-0.4, -0.2) is 44.4 Å². The van der Waals surface area contributed by atoms with Gasteiger partial charge in [0.1, 0.15) is 17.2 Å². The van der Waals surface area contributed by atoms with Crippen molar-refractivity contribution in [3.8, 4) is 11.5 Å². The van der Waals surface area contributed by atoms with Gasteiger partial charge in [-0.25, -0.2) is 18.4 Å². The zero-order chi connectivity index (χ0) is 22.8. The van der Waals surface area contributed by atoms with Gasteiger partial charge >= 0.3 is 12.1 Å². The zero-order valence-corrected chi connectivity index (χ0v) is 17.4. The Morgan fingerprint density at radius 2 is 1.84 bits per heavy atom. The van der Waals surface area contributed by atoms with E-state index in [0.29, 0.717) is 24.9 Å². The number of pyridine rings is 1. The van der Waals surface area contributed by atoms with Crippen molar-refractivity contribution in [2.45, 2.75) is 49.9 Å². The molecule has 1 aliphatic rings. The number of alkyl halides is 5. The molecule has 0 unspecified atom stereocenters. The summed E-state index contributed by atoms with van der Waals surface area (Å²) >= 11 is 0. The van der Waals surface area contributed by atoms with Crippen LogP contribution in [0.4, 0.5) is 22.0 Å². The molecule has 0 aliphatic carbocycles. The van der Waals surface area contributed by atoms with Crippen molar-refractivity contribution >= 4 is 20.9 Å². The summed E-state index contributed by atoms with van der Waals surface area (Å²) in [7, 11) is -2.22. The predicted molar refractivity (Wildman–Crippen MR) is 100 cm³/mol. The van der Waals surface area contributed by atoms with Crippen LogP contribution in [0.15, 0.2) is 17.3 Å². The number of nitrogens with zero attached hydrogens (tertiary/aromatic N) is 5. The van der Waals surface area contributed by atoms with Crippen molar-refractivity contribution in [3.05, 3.63) is 23.8 Å². The minimum absolute atomic E-state index is 0.0167. The molecule has 0 N–H and O–H groups in total. The Morgan fingerprint density at radius 1 is 1.13 bits per heavy atom. The lowest BCUT2D eigenvalue weighted by atomic mass is 10.2. The van der Waals surface area contributed by atoms with Gasteiger partial charge in [-0.05, 0) is 18.9 Å². The molecule has 4 heterocycles. The van der Waals surface area contributed by atoms with E-state index in [0.717, 1.165) is 19.0 Å². The Hall–Kier alpha value is -2.57. The number of rotatable bonds is 4. The van der Waals surface area contributed by atoms with Crippen LogP contribution in [0, 0.1) is 0 Å². The molecule has 3 aromatic heterocycles. The second-order valence-corrected chi connectivity index (χ2v) is 9.51. The first-order valence-corrected chi connectivity index (χ1v) is 11.1. The van der Waals surface area contributed by atoms with Crippen LogP contribution in [0.1, 0.15) is 31.3 Å². The summed E-state index contributed by atoms with van der Waals surface area (Å²) in [6, 6.07) is 0.566. The summed E-state index contributed by atoms with van der Waals surface area (Å²) in [4.78, 5) is 11.9. The van der Waals surface area contributed by atoms with Gasteiger partial charge in [0.15, 0.2) is 20.7 Å². The minimum Gasteiger partial charge on any atom is -0.324 e. The van der Waals surface area contributed by atoms with Crippen molar-refractivity contribution in [1.82, 2.24) is 24.1 Å². The number of aromatic nitrogens is 5. The zero-order valence-electron chi connectivity index (χ0n) is 16.5. The van der Waals surface area contributed by atoms with Crippen molar-refractivity contribution < 1.29 is 30.4 Å². The van der Waals surface area contributed by atoms with Crippen LogP contribution in [0.5, 0.6) is 0 Å². The van der Waals surface area contributed by atoms with E-state index in [-0.39, 0.29) is 33.3 Å². The lowest BCUT2D eigenvalue weighted by Crippen LogP contribution is -2.34. The number of halogens is 5. The maximum absolute atomic E-state index is 13.7. The average Bonchev–Trinajstić information content (AvgIpc) is 3.25. The molecule has 1 aliphatic heterocycles. The van der Waals surface area contributed by atoms with Crippen LogP contribution in [0.2, 0.25) is 0 Å². The summed E-state index contributed by atoms with van der Waals surface area (Å²) in [5, 5.41) is -0.0167.